The van der Waals surface area contributed by atoms with Gasteiger partial charge in [0.15, 0.2) is 0 Å². The van der Waals surface area contributed by atoms with Crippen LogP contribution in [0.1, 0.15) is 97.8 Å². The normalized spacial score (nSPS) is 13.0. The molecule has 0 bridgehead atoms. The third-order valence-electron chi connectivity index (χ3n) is 4.50. The second kappa shape index (κ2) is 15.6. The minimum atomic E-state index is -1.02. The largest absolute Gasteiger partial charge is 0.480 e. The minimum absolute atomic E-state index is 0.273. The van der Waals surface area contributed by atoms with Gasteiger partial charge in [-0.2, -0.15) is 0 Å². The van der Waals surface area contributed by atoms with E-state index in [1.807, 2.05) is 0 Å². The van der Waals surface area contributed by atoms with Crippen molar-refractivity contribution in [1.29, 1.82) is 0 Å². The Hall–Kier alpha value is -1.59. The Labute approximate surface area is 158 Å². The molecule has 0 saturated carbocycles. The molecule has 0 fully saturated rings. The molecule has 0 aromatic carbocycles. The molecular weight excluding hydrogens is 332 g/mol. The van der Waals surface area contributed by atoms with Crippen molar-refractivity contribution in [2.45, 2.75) is 110 Å². The third-order valence-corrected chi connectivity index (χ3v) is 4.50. The number of aliphatic carboxylic acids is 1. The standard InChI is InChI=1S/C20H38N2O4/c1-4-6-8-10-12-14-17(21-16(3)23)19(24)22-18(20(25)26)15-13-11-9-7-5-2/h17-18H,4-15H2,1-3H3,(H,21,23)(H,22,24)(H,25,26). The second-order valence-corrected chi connectivity index (χ2v) is 7.06. The summed E-state index contributed by atoms with van der Waals surface area (Å²) in [6, 6.07) is -1.54. The lowest BCUT2D eigenvalue weighted by molar-refractivity contribution is -0.142. The Bertz CT molecular complexity index is 413. The molecule has 0 aliphatic heterocycles. The predicted octanol–water partition coefficient (Wildman–Crippen LogP) is 3.78. The van der Waals surface area contributed by atoms with Crippen LogP contribution in [0.15, 0.2) is 0 Å². The Morgan fingerprint density at radius 2 is 1.19 bits per heavy atom. The van der Waals surface area contributed by atoms with Crippen molar-refractivity contribution in [3.05, 3.63) is 0 Å². The van der Waals surface area contributed by atoms with Gasteiger partial charge in [-0.15, -0.1) is 0 Å². The number of hydrogen-bond donors (Lipinski definition) is 3. The number of rotatable bonds is 16. The first-order valence-corrected chi connectivity index (χ1v) is 10.2. The number of amides is 2. The molecule has 3 N–H and O–H groups in total. The Morgan fingerprint density at radius 1 is 0.731 bits per heavy atom. The number of hydrogen-bond acceptors (Lipinski definition) is 3. The van der Waals surface area contributed by atoms with Crippen LogP contribution in [0, 0.1) is 0 Å². The predicted molar refractivity (Wildman–Crippen MR) is 104 cm³/mol. The van der Waals surface area contributed by atoms with Crippen LogP contribution < -0.4 is 10.6 Å². The fraction of sp³-hybridized carbons (Fsp3) is 0.850. The molecule has 2 atom stereocenters. The van der Waals surface area contributed by atoms with E-state index >= 15 is 0 Å². The maximum Gasteiger partial charge on any atom is 0.326 e. The summed E-state index contributed by atoms with van der Waals surface area (Å²) in [5.74, 6) is -1.68. The van der Waals surface area contributed by atoms with E-state index in [1.54, 1.807) is 0 Å². The number of carbonyl (C=O) groups excluding carboxylic acids is 2. The van der Waals surface area contributed by atoms with Crippen LogP contribution in [0.25, 0.3) is 0 Å². The lowest BCUT2D eigenvalue weighted by Crippen LogP contribution is -2.51. The molecule has 2 unspecified atom stereocenters. The lowest BCUT2D eigenvalue weighted by Gasteiger charge is -2.21. The van der Waals surface area contributed by atoms with Gasteiger partial charge in [0, 0.05) is 6.92 Å². The highest BCUT2D eigenvalue weighted by molar-refractivity contribution is 5.89. The monoisotopic (exact) mass is 370 g/mol. The Kier molecular flexibility index (Phi) is 14.7. The van der Waals surface area contributed by atoms with Crippen LogP contribution in [0.3, 0.4) is 0 Å². The van der Waals surface area contributed by atoms with Gasteiger partial charge in [-0.05, 0) is 12.8 Å². The number of nitrogens with one attached hydrogen (secondary N) is 2. The van der Waals surface area contributed by atoms with Gasteiger partial charge in [-0.1, -0.05) is 78.1 Å². The zero-order valence-corrected chi connectivity index (χ0v) is 16.8. The Balaban J connectivity index is 4.48. The molecule has 0 rings (SSSR count). The van der Waals surface area contributed by atoms with Crippen LogP contribution in [-0.2, 0) is 14.4 Å². The van der Waals surface area contributed by atoms with Crippen LogP contribution in [-0.4, -0.2) is 35.0 Å². The van der Waals surface area contributed by atoms with Crippen molar-refractivity contribution in [3.63, 3.8) is 0 Å². The van der Waals surface area contributed by atoms with Gasteiger partial charge >= 0.3 is 5.97 Å². The molecular formula is C20H38N2O4. The maximum atomic E-state index is 12.5. The van der Waals surface area contributed by atoms with Crippen molar-refractivity contribution < 1.29 is 19.5 Å². The van der Waals surface area contributed by atoms with E-state index in [4.69, 9.17) is 0 Å². The number of carboxylic acids is 1. The van der Waals surface area contributed by atoms with E-state index in [-0.39, 0.29) is 5.91 Å². The average Bonchev–Trinajstić information content (AvgIpc) is 2.58. The highest BCUT2D eigenvalue weighted by Crippen LogP contribution is 2.10. The van der Waals surface area contributed by atoms with Gasteiger partial charge in [0.25, 0.3) is 0 Å². The van der Waals surface area contributed by atoms with E-state index in [0.29, 0.717) is 12.8 Å². The lowest BCUT2D eigenvalue weighted by atomic mass is 10.0. The summed E-state index contributed by atoms with van der Waals surface area (Å²) < 4.78 is 0. The fourth-order valence-corrected chi connectivity index (χ4v) is 2.95. The first-order chi connectivity index (χ1) is 12.4. The first kappa shape index (κ1) is 24.4. The van der Waals surface area contributed by atoms with Crippen LogP contribution in [0.5, 0.6) is 0 Å². The van der Waals surface area contributed by atoms with Crippen molar-refractivity contribution >= 4 is 17.8 Å². The summed E-state index contributed by atoms with van der Waals surface area (Å²) in [5.41, 5.74) is 0. The minimum Gasteiger partial charge on any atom is -0.480 e. The molecule has 0 aromatic rings. The molecule has 0 saturated heterocycles. The van der Waals surface area contributed by atoms with Crippen molar-refractivity contribution in [3.8, 4) is 0 Å². The van der Waals surface area contributed by atoms with Crippen molar-refractivity contribution in [1.82, 2.24) is 10.6 Å². The fourth-order valence-electron chi connectivity index (χ4n) is 2.95. The van der Waals surface area contributed by atoms with E-state index in [1.165, 1.54) is 6.92 Å². The second-order valence-electron chi connectivity index (χ2n) is 7.06. The zero-order valence-electron chi connectivity index (χ0n) is 16.8. The van der Waals surface area contributed by atoms with Gasteiger partial charge < -0.3 is 15.7 Å². The SMILES string of the molecule is CCCCCCCC(NC(=O)C(CCCCCCC)NC(C)=O)C(=O)O. The van der Waals surface area contributed by atoms with Crippen LogP contribution >= 0.6 is 0 Å². The quantitative estimate of drug-likeness (QED) is 0.360. The Morgan fingerprint density at radius 3 is 1.62 bits per heavy atom. The van der Waals surface area contributed by atoms with E-state index < -0.39 is 24.0 Å². The summed E-state index contributed by atoms with van der Waals surface area (Å²) in [7, 11) is 0. The maximum absolute atomic E-state index is 12.5. The molecule has 0 aliphatic rings. The van der Waals surface area contributed by atoms with Crippen molar-refractivity contribution in [2.75, 3.05) is 0 Å². The molecule has 0 radical (unpaired) electrons. The van der Waals surface area contributed by atoms with E-state index in [9.17, 15) is 19.5 Å². The first-order valence-electron chi connectivity index (χ1n) is 10.2. The summed E-state index contributed by atoms with van der Waals surface area (Å²) in [6.07, 6.45) is 11.4. The molecule has 0 heterocycles. The molecule has 6 heteroatoms. The summed E-state index contributed by atoms with van der Waals surface area (Å²) in [6.45, 7) is 5.65. The average molecular weight is 371 g/mol. The molecule has 0 spiro atoms. The van der Waals surface area contributed by atoms with E-state index in [2.05, 4.69) is 24.5 Å². The molecule has 2 amide bonds. The number of unbranched alkanes of at least 4 members (excludes halogenated alkanes) is 8. The highest BCUT2D eigenvalue weighted by atomic mass is 16.4. The van der Waals surface area contributed by atoms with Crippen molar-refractivity contribution in [2.24, 2.45) is 0 Å². The zero-order chi connectivity index (χ0) is 19.8. The van der Waals surface area contributed by atoms with E-state index in [0.717, 1.165) is 64.2 Å². The highest BCUT2D eigenvalue weighted by Gasteiger charge is 2.25. The number of carboxylic acid groups (broad SMARTS) is 1. The topological polar surface area (TPSA) is 95.5 Å². The molecule has 26 heavy (non-hydrogen) atoms. The molecule has 6 nitrogen and oxygen atoms in total. The van der Waals surface area contributed by atoms with Gasteiger partial charge in [-0.3, -0.25) is 9.59 Å². The van der Waals surface area contributed by atoms with Gasteiger partial charge in [0.05, 0.1) is 0 Å². The smallest absolute Gasteiger partial charge is 0.326 e. The summed E-state index contributed by atoms with van der Waals surface area (Å²) in [4.78, 5) is 35.3. The van der Waals surface area contributed by atoms with Crippen LogP contribution in [0.4, 0.5) is 0 Å². The summed E-state index contributed by atoms with van der Waals surface area (Å²) >= 11 is 0. The number of carbonyl (C=O) groups is 3. The molecule has 152 valence electrons. The van der Waals surface area contributed by atoms with Gasteiger partial charge in [0.2, 0.25) is 11.8 Å². The molecule has 0 aromatic heterocycles. The summed E-state index contributed by atoms with van der Waals surface area (Å²) in [5, 5.41) is 14.6. The van der Waals surface area contributed by atoms with Gasteiger partial charge in [-0.25, -0.2) is 4.79 Å². The van der Waals surface area contributed by atoms with Crippen LogP contribution in [0.2, 0.25) is 0 Å². The molecule has 0 aliphatic carbocycles. The van der Waals surface area contributed by atoms with Gasteiger partial charge in [0.1, 0.15) is 12.1 Å². The third kappa shape index (κ3) is 12.7.